The van der Waals surface area contributed by atoms with Crippen LogP contribution in [0.4, 0.5) is 5.82 Å². The third-order valence-electron chi connectivity index (χ3n) is 4.96. The largest absolute Gasteiger partial charge is 0.354 e. The molecule has 2 aliphatic heterocycles. The summed E-state index contributed by atoms with van der Waals surface area (Å²) in [6, 6.07) is 14.0. The molecule has 1 fully saturated rings. The number of fused-ring (bicyclic) bond motifs is 1. The van der Waals surface area contributed by atoms with Crippen LogP contribution in [0.5, 0.6) is 0 Å². The van der Waals surface area contributed by atoms with Gasteiger partial charge in [0, 0.05) is 49.4 Å². The average Bonchev–Trinajstić information content (AvgIpc) is 2.69. The smallest absolute Gasteiger partial charge is 0.178 e. The summed E-state index contributed by atoms with van der Waals surface area (Å²) in [5.74, 6) is 1.32. The SMILES string of the molecule is O=C1CN(CCCN2CCN(c3ccccn3)CC2)Sc2ccccc21. The lowest BCUT2D eigenvalue weighted by Gasteiger charge is -2.35. The Morgan fingerprint density at radius 2 is 1.77 bits per heavy atom. The summed E-state index contributed by atoms with van der Waals surface area (Å²) in [7, 11) is 0. The van der Waals surface area contributed by atoms with E-state index >= 15 is 0 Å². The zero-order valence-corrected chi connectivity index (χ0v) is 15.7. The quantitative estimate of drug-likeness (QED) is 0.756. The minimum absolute atomic E-state index is 0.239. The number of pyridine rings is 1. The van der Waals surface area contributed by atoms with Crippen molar-refractivity contribution >= 4 is 23.5 Å². The van der Waals surface area contributed by atoms with Gasteiger partial charge in [-0.3, -0.25) is 9.69 Å². The molecule has 0 saturated carbocycles. The minimum atomic E-state index is 0.239. The standard InChI is InChI=1S/C20H24N4OS/c25-18-16-24(26-19-7-2-1-6-17(18)19)11-5-10-22-12-14-23(15-13-22)20-8-3-4-9-21-20/h1-4,6-9H,5,10-16H2. The van der Waals surface area contributed by atoms with Gasteiger partial charge in [-0.1, -0.05) is 24.3 Å². The van der Waals surface area contributed by atoms with Crippen LogP contribution >= 0.6 is 11.9 Å². The molecule has 4 rings (SSSR count). The number of benzene rings is 1. The van der Waals surface area contributed by atoms with Crippen molar-refractivity contribution in [2.75, 3.05) is 50.7 Å². The summed E-state index contributed by atoms with van der Waals surface area (Å²) in [6.07, 6.45) is 2.95. The second-order valence-electron chi connectivity index (χ2n) is 6.74. The van der Waals surface area contributed by atoms with Gasteiger partial charge in [0.1, 0.15) is 5.82 Å². The lowest BCUT2D eigenvalue weighted by atomic mass is 10.1. The summed E-state index contributed by atoms with van der Waals surface area (Å²) in [5.41, 5.74) is 0.874. The fourth-order valence-corrected chi connectivity index (χ4v) is 4.63. The average molecular weight is 369 g/mol. The molecule has 0 bridgehead atoms. The number of carbonyl (C=O) groups is 1. The third-order valence-corrected chi connectivity index (χ3v) is 6.08. The fraction of sp³-hybridized carbons (Fsp3) is 0.400. The van der Waals surface area contributed by atoms with Crippen molar-refractivity contribution in [3.8, 4) is 0 Å². The molecule has 5 nitrogen and oxygen atoms in total. The predicted octanol–water partition coefficient (Wildman–Crippen LogP) is 2.80. The molecule has 136 valence electrons. The Kier molecular flexibility index (Phi) is 5.53. The maximum absolute atomic E-state index is 12.3. The van der Waals surface area contributed by atoms with E-state index in [-0.39, 0.29) is 5.78 Å². The summed E-state index contributed by atoms with van der Waals surface area (Å²) >= 11 is 1.72. The van der Waals surface area contributed by atoms with E-state index in [2.05, 4.69) is 25.2 Å². The van der Waals surface area contributed by atoms with Gasteiger partial charge in [0.05, 0.1) is 6.54 Å². The highest BCUT2D eigenvalue weighted by atomic mass is 32.2. The number of carbonyl (C=O) groups excluding carboxylic acids is 1. The molecule has 1 aromatic carbocycles. The Morgan fingerprint density at radius 3 is 2.58 bits per heavy atom. The van der Waals surface area contributed by atoms with Gasteiger partial charge in [-0.15, -0.1) is 0 Å². The normalized spacial score (nSPS) is 18.8. The van der Waals surface area contributed by atoms with Crippen molar-refractivity contribution in [1.82, 2.24) is 14.2 Å². The van der Waals surface area contributed by atoms with Gasteiger partial charge >= 0.3 is 0 Å². The first-order chi connectivity index (χ1) is 12.8. The molecule has 6 heteroatoms. The van der Waals surface area contributed by atoms with Crippen molar-refractivity contribution in [1.29, 1.82) is 0 Å². The fourth-order valence-electron chi connectivity index (χ4n) is 3.53. The molecule has 1 saturated heterocycles. The molecule has 0 unspecified atom stereocenters. The molecule has 0 radical (unpaired) electrons. The van der Waals surface area contributed by atoms with E-state index in [9.17, 15) is 4.79 Å². The van der Waals surface area contributed by atoms with E-state index in [0.717, 1.165) is 62.0 Å². The van der Waals surface area contributed by atoms with E-state index in [1.54, 1.807) is 11.9 Å². The Balaban J connectivity index is 1.21. The second kappa shape index (κ2) is 8.20. The highest BCUT2D eigenvalue weighted by Gasteiger charge is 2.24. The summed E-state index contributed by atoms with van der Waals surface area (Å²) in [4.78, 5) is 22.7. The van der Waals surface area contributed by atoms with E-state index in [4.69, 9.17) is 0 Å². The van der Waals surface area contributed by atoms with Gasteiger partial charge in [-0.25, -0.2) is 9.29 Å². The first-order valence-electron chi connectivity index (χ1n) is 9.23. The number of piperazine rings is 1. The number of aromatic nitrogens is 1. The molecule has 0 aliphatic carbocycles. The highest BCUT2D eigenvalue weighted by Crippen LogP contribution is 2.31. The van der Waals surface area contributed by atoms with Gasteiger partial charge in [-0.05, 0) is 43.1 Å². The molecule has 0 atom stereocenters. The zero-order chi connectivity index (χ0) is 17.8. The Bertz CT molecular complexity index is 746. The molecule has 0 spiro atoms. The van der Waals surface area contributed by atoms with Crippen molar-refractivity contribution < 1.29 is 4.79 Å². The number of hydrogen-bond acceptors (Lipinski definition) is 6. The Labute approximate surface area is 159 Å². The maximum atomic E-state index is 12.3. The van der Waals surface area contributed by atoms with E-state index in [0.29, 0.717) is 6.54 Å². The Morgan fingerprint density at radius 1 is 0.962 bits per heavy atom. The molecular weight excluding hydrogens is 344 g/mol. The monoisotopic (exact) mass is 368 g/mol. The third kappa shape index (κ3) is 4.09. The van der Waals surface area contributed by atoms with Crippen LogP contribution in [0, 0.1) is 0 Å². The van der Waals surface area contributed by atoms with E-state index < -0.39 is 0 Å². The van der Waals surface area contributed by atoms with Crippen molar-refractivity contribution in [3.05, 3.63) is 54.2 Å². The lowest BCUT2D eigenvalue weighted by Crippen LogP contribution is -2.47. The molecule has 2 aliphatic rings. The summed E-state index contributed by atoms with van der Waals surface area (Å²) < 4.78 is 2.20. The van der Waals surface area contributed by atoms with Crippen LogP contribution in [-0.2, 0) is 0 Å². The van der Waals surface area contributed by atoms with Crippen LogP contribution in [-0.4, -0.2) is 65.8 Å². The molecule has 1 aromatic heterocycles. The number of anilines is 1. The van der Waals surface area contributed by atoms with Crippen LogP contribution in [0.15, 0.2) is 53.6 Å². The van der Waals surface area contributed by atoms with E-state index in [1.165, 1.54) is 0 Å². The van der Waals surface area contributed by atoms with Crippen LogP contribution in [0.25, 0.3) is 0 Å². The minimum Gasteiger partial charge on any atom is -0.354 e. The summed E-state index contributed by atoms with van der Waals surface area (Å²) in [6.45, 7) is 6.77. The van der Waals surface area contributed by atoms with Crippen LogP contribution in [0.2, 0.25) is 0 Å². The van der Waals surface area contributed by atoms with Crippen LogP contribution in [0.3, 0.4) is 0 Å². The predicted molar refractivity (Wildman–Crippen MR) is 106 cm³/mol. The molecule has 0 N–H and O–H groups in total. The highest BCUT2D eigenvalue weighted by molar-refractivity contribution is 7.97. The van der Waals surface area contributed by atoms with Gasteiger partial charge in [0.2, 0.25) is 0 Å². The van der Waals surface area contributed by atoms with Gasteiger partial charge in [0.25, 0.3) is 0 Å². The number of hydrogen-bond donors (Lipinski definition) is 0. The number of Topliss-reactive ketones (excluding diaryl/α,β-unsaturated/α-hetero) is 1. The van der Waals surface area contributed by atoms with Crippen molar-refractivity contribution in [2.45, 2.75) is 11.3 Å². The van der Waals surface area contributed by atoms with Crippen LogP contribution in [0.1, 0.15) is 16.8 Å². The number of nitrogens with zero attached hydrogens (tertiary/aromatic N) is 4. The van der Waals surface area contributed by atoms with E-state index in [1.807, 2.05) is 42.6 Å². The molecular formula is C20H24N4OS. The molecule has 3 heterocycles. The van der Waals surface area contributed by atoms with Crippen LogP contribution < -0.4 is 4.90 Å². The molecule has 2 aromatic rings. The number of ketones is 1. The maximum Gasteiger partial charge on any atom is 0.178 e. The topological polar surface area (TPSA) is 39.7 Å². The molecule has 26 heavy (non-hydrogen) atoms. The van der Waals surface area contributed by atoms with Crippen molar-refractivity contribution in [2.24, 2.45) is 0 Å². The van der Waals surface area contributed by atoms with Gasteiger partial charge in [0.15, 0.2) is 5.78 Å². The first-order valence-corrected chi connectivity index (χ1v) is 10.0. The molecule has 0 amide bonds. The van der Waals surface area contributed by atoms with Gasteiger partial charge in [-0.2, -0.15) is 0 Å². The Hall–Kier alpha value is -1.89. The second-order valence-corrected chi connectivity index (χ2v) is 7.88. The lowest BCUT2D eigenvalue weighted by molar-refractivity contribution is 0.0961. The number of rotatable bonds is 5. The first kappa shape index (κ1) is 17.5. The van der Waals surface area contributed by atoms with Gasteiger partial charge < -0.3 is 4.90 Å². The summed E-state index contributed by atoms with van der Waals surface area (Å²) in [5, 5.41) is 0. The van der Waals surface area contributed by atoms with Crippen molar-refractivity contribution in [3.63, 3.8) is 0 Å². The zero-order valence-electron chi connectivity index (χ0n) is 14.9.